The topological polar surface area (TPSA) is 100 Å². The standard InChI is InChI=1S/C12H12N2O4/c1-9(7-13)11(15)17-5-3-4-6-18-12(16)10(2)8-14/h1-6H2. The van der Waals surface area contributed by atoms with E-state index in [0.29, 0.717) is 12.8 Å². The van der Waals surface area contributed by atoms with E-state index in [-0.39, 0.29) is 24.4 Å². The Balaban J connectivity index is 3.60. The molecule has 0 fully saturated rings. The van der Waals surface area contributed by atoms with Crippen molar-refractivity contribution in [1.29, 1.82) is 10.5 Å². The summed E-state index contributed by atoms with van der Waals surface area (Å²) >= 11 is 0. The van der Waals surface area contributed by atoms with E-state index in [1.54, 1.807) is 12.1 Å². The van der Waals surface area contributed by atoms with Crippen LogP contribution in [0, 0.1) is 22.7 Å². The summed E-state index contributed by atoms with van der Waals surface area (Å²) in [5, 5.41) is 16.7. The molecule has 0 radical (unpaired) electrons. The molecule has 0 spiro atoms. The van der Waals surface area contributed by atoms with Gasteiger partial charge in [-0.2, -0.15) is 10.5 Å². The number of esters is 2. The van der Waals surface area contributed by atoms with Crippen LogP contribution in [0.2, 0.25) is 0 Å². The number of hydrogen-bond acceptors (Lipinski definition) is 6. The fraction of sp³-hybridized carbons (Fsp3) is 0.333. The predicted octanol–water partition coefficient (Wildman–Crippen LogP) is 1.01. The van der Waals surface area contributed by atoms with Crippen molar-refractivity contribution >= 4 is 11.9 Å². The monoisotopic (exact) mass is 248 g/mol. The van der Waals surface area contributed by atoms with Crippen LogP contribution in [-0.4, -0.2) is 25.2 Å². The summed E-state index contributed by atoms with van der Waals surface area (Å²) in [6.07, 6.45) is 0.938. The molecule has 0 amide bonds. The third-order valence-corrected chi connectivity index (χ3v) is 1.77. The maximum Gasteiger partial charge on any atom is 0.348 e. The minimum Gasteiger partial charge on any atom is -0.462 e. The second kappa shape index (κ2) is 8.54. The first-order chi connectivity index (χ1) is 8.52. The molecule has 0 aromatic heterocycles. The molecule has 6 heteroatoms. The van der Waals surface area contributed by atoms with Crippen molar-refractivity contribution in [2.24, 2.45) is 0 Å². The molecule has 0 saturated carbocycles. The first kappa shape index (κ1) is 15.4. The molecule has 0 N–H and O–H groups in total. The van der Waals surface area contributed by atoms with E-state index in [9.17, 15) is 9.59 Å². The number of unbranched alkanes of at least 4 members (excludes halogenated alkanes) is 1. The van der Waals surface area contributed by atoms with Gasteiger partial charge in [0.2, 0.25) is 0 Å². The van der Waals surface area contributed by atoms with Crippen molar-refractivity contribution in [2.75, 3.05) is 13.2 Å². The van der Waals surface area contributed by atoms with Gasteiger partial charge in [-0.25, -0.2) is 9.59 Å². The maximum atomic E-state index is 11.0. The van der Waals surface area contributed by atoms with Crippen molar-refractivity contribution in [1.82, 2.24) is 0 Å². The Kier molecular flexibility index (Phi) is 7.31. The number of carbonyl (C=O) groups is 2. The molecule has 0 aliphatic carbocycles. The van der Waals surface area contributed by atoms with Gasteiger partial charge in [0.1, 0.15) is 23.3 Å². The summed E-state index contributed by atoms with van der Waals surface area (Å²) in [5.74, 6) is -1.51. The van der Waals surface area contributed by atoms with Crippen LogP contribution in [0.4, 0.5) is 0 Å². The lowest BCUT2D eigenvalue weighted by atomic mass is 10.3. The van der Waals surface area contributed by atoms with Gasteiger partial charge in [-0.05, 0) is 12.8 Å². The molecular weight excluding hydrogens is 236 g/mol. The highest BCUT2D eigenvalue weighted by Crippen LogP contribution is 1.98. The van der Waals surface area contributed by atoms with Gasteiger partial charge in [-0.3, -0.25) is 0 Å². The Morgan fingerprint density at radius 3 is 1.50 bits per heavy atom. The highest BCUT2D eigenvalue weighted by atomic mass is 16.5. The first-order valence-electron chi connectivity index (χ1n) is 5.05. The Bertz CT molecular complexity index is 398. The minimum atomic E-state index is -0.757. The first-order valence-corrected chi connectivity index (χ1v) is 5.05. The minimum absolute atomic E-state index is 0.107. The highest BCUT2D eigenvalue weighted by molar-refractivity contribution is 5.92. The normalized spacial score (nSPS) is 8.56. The summed E-state index contributed by atoms with van der Waals surface area (Å²) in [6.45, 7) is 6.60. The second-order valence-electron chi connectivity index (χ2n) is 3.16. The van der Waals surface area contributed by atoms with Crippen LogP contribution >= 0.6 is 0 Å². The molecule has 0 rings (SSSR count). The van der Waals surface area contributed by atoms with Crippen molar-refractivity contribution in [3.8, 4) is 12.1 Å². The number of ether oxygens (including phenoxy) is 2. The van der Waals surface area contributed by atoms with E-state index in [1.807, 2.05) is 0 Å². The molecule has 0 atom stereocenters. The molecule has 0 bridgehead atoms. The summed E-state index contributed by atoms with van der Waals surface area (Å²) in [6, 6.07) is 3.14. The molecular formula is C12H12N2O4. The fourth-order valence-corrected chi connectivity index (χ4v) is 0.799. The van der Waals surface area contributed by atoms with Crippen molar-refractivity contribution in [3.63, 3.8) is 0 Å². The number of rotatable bonds is 7. The quantitative estimate of drug-likeness (QED) is 0.288. The molecule has 94 valence electrons. The van der Waals surface area contributed by atoms with Gasteiger partial charge < -0.3 is 9.47 Å². The van der Waals surface area contributed by atoms with Crippen LogP contribution < -0.4 is 0 Å². The molecule has 0 aromatic rings. The SMILES string of the molecule is C=C(C#N)C(=O)OCCCCOC(=O)C(=C)C#N. The molecule has 6 nitrogen and oxygen atoms in total. The lowest BCUT2D eigenvalue weighted by Crippen LogP contribution is -2.10. The number of nitriles is 2. The number of carbonyl (C=O) groups excluding carboxylic acids is 2. The van der Waals surface area contributed by atoms with Gasteiger partial charge in [0.25, 0.3) is 0 Å². The highest BCUT2D eigenvalue weighted by Gasteiger charge is 2.08. The molecule has 0 saturated heterocycles. The van der Waals surface area contributed by atoms with E-state index in [2.05, 4.69) is 13.2 Å². The van der Waals surface area contributed by atoms with Gasteiger partial charge in [0.05, 0.1) is 13.2 Å². The summed E-state index contributed by atoms with van der Waals surface area (Å²) in [4.78, 5) is 21.9. The average molecular weight is 248 g/mol. The van der Waals surface area contributed by atoms with Gasteiger partial charge in [0, 0.05) is 0 Å². The Hall–Kier alpha value is -2.60. The molecule has 0 aromatic carbocycles. The van der Waals surface area contributed by atoms with Crippen LogP contribution in [0.1, 0.15) is 12.8 Å². The van der Waals surface area contributed by atoms with Gasteiger partial charge in [-0.1, -0.05) is 13.2 Å². The van der Waals surface area contributed by atoms with E-state index in [4.69, 9.17) is 20.0 Å². The third-order valence-electron chi connectivity index (χ3n) is 1.77. The molecule has 0 aliphatic heterocycles. The zero-order valence-corrected chi connectivity index (χ0v) is 9.77. The Morgan fingerprint density at radius 2 is 1.22 bits per heavy atom. The number of hydrogen-bond donors (Lipinski definition) is 0. The van der Waals surface area contributed by atoms with E-state index < -0.39 is 11.9 Å². The molecule has 0 unspecified atom stereocenters. The van der Waals surface area contributed by atoms with Gasteiger partial charge in [-0.15, -0.1) is 0 Å². The predicted molar refractivity (Wildman–Crippen MR) is 60.7 cm³/mol. The zero-order valence-electron chi connectivity index (χ0n) is 9.77. The van der Waals surface area contributed by atoms with Crippen molar-refractivity contribution in [3.05, 3.63) is 24.3 Å². The summed E-state index contributed by atoms with van der Waals surface area (Å²) in [5.41, 5.74) is -0.515. The largest absolute Gasteiger partial charge is 0.462 e. The number of nitrogens with zero attached hydrogens (tertiary/aromatic N) is 2. The summed E-state index contributed by atoms with van der Waals surface area (Å²) < 4.78 is 9.40. The zero-order chi connectivity index (χ0) is 14.0. The Morgan fingerprint density at radius 1 is 0.889 bits per heavy atom. The molecule has 0 heterocycles. The molecule has 0 aliphatic rings. The summed E-state index contributed by atoms with van der Waals surface area (Å²) in [7, 11) is 0. The average Bonchev–Trinajstić information content (AvgIpc) is 2.39. The third kappa shape index (κ3) is 6.09. The van der Waals surface area contributed by atoms with Crippen LogP contribution in [0.3, 0.4) is 0 Å². The van der Waals surface area contributed by atoms with Crippen LogP contribution in [0.25, 0.3) is 0 Å². The van der Waals surface area contributed by atoms with E-state index >= 15 is 0 Å². The van der Waals surface area contributed by atoms with E-state index in [1.165, 1.54) is 0 Å². The molecule has 18 heavy (non-hydrogen) atoms. The maximum absolute atomic E-state index is 11.0. The van der Waals surface area contributed by atoms with Gasteiger partial charge in [0.15, 0.2) is 0 Å². The lowest BCUT2D eigenvalue weighted by Gasteiger charge is -2.04. The van der Waals surface area contributed by atoms with E-state index in [0.717, 1.165) is 0 Å². The van der Waals surface area contributed by atoms with Crippen LogP contribution in [-0.2, 0) is 19.1 Å². The van der Waals surface area contributed by atoms with Crippen molar-refractivity contribution < 1.29 is 19.1 Å². The van der Waals surface area contributed by atoms with Gasteiger partial charge >= 0.3 is 11.9 Å². The lowest BCUT2D eigenvalue weighted by molar-refractivity contribution is -0.141. The smallest absolute Gasteiger partial charge is 0.348 e. The Labute approximate surface area is 105 Å². The van der Waals surface area contributed by atoms with Crippen LogP contribution in [0.5, 0.6) is 0 Å². The second-order valence-corrected chi connectivity index (χ2v) is 3.16. The van der Waals surface area contributed by atoms with Crippen molar-refractivity contribution in [2.45, 2.75) is 12.8 Å². The fourth-order valence-electron chi connectivity index (χ4n) is 0.799. The van der Waals surface area contributed by atoms with Crippen LogP contribution in [0.15, 0.2) is 24.3 Å².